The first-order valence-electron chi connectivity index (χ1n) is 9.93. The molecule has 1 unspecified atom stereocenters. The van der Waals surface area contributed by atoms with E-state index in [0.717, 1.165) is 5.92 Å². The molecular formula is C23H39N. The molecule has 0 aliphatic carbocycles. The maximum atomic E-state index is 2.61. The minimum atomic E-state index is 0.483. The molecule has 0 aromatic heterocycles. The van der Waals surface area contributed by atoms with Gasteiger partial charge in [0.1, 0.15) is 0 Å². The Morgan fingerprint density at radius 2 is 1.58 bits per heavy atom. The molecule has 0 spiro atoms. The molecule has 0 N–H and O–H groups in total. The Kier molecular flexibility index (Phi) is 5.85. The number of benzene rings is 1. The van der Waals surface area contributed by atoms with Crippen LogP contribution in [0.4, 0.5) is 0 Å². The predicted octanol–water partition coefficient (Wildman–Crippen LogP) is 6.59. The Labute approximate surface area is 150 Å². The van der Waals surface area contributed by atoms with Crippen molar-refractivity contribution in [2.75, 3.05) is 7.05 Å². The fourth-order valence-corrected chi connectivity index (χ4v) is 4.70. The van der Waals surface area contributed by atoms with Gasteiger partial charge in [0.05, 0.1) is 0 Å². The van der Waals surface area contributed by atoms with E-state index in [1.54, 1.807) is 16.7 Å². The minimum absolute atomic E-state index is 0.483. The predicted molar refractivity (Wildman–Crippen MR) is 107 cm³/mol. The normalized spacial score (nSPS) is 28.8. The SMILES string of the molecule is Cc1cc(C(C)C)c2c(c1C)[C@H](C)N(C)[C@H](C)[C@H](C)CC2C(C)C. The summed E-state index contributed by atoms with van der Waals surface area (Å²) in [6.45, 7) is 21.5. The number of aryl methyl sites for hydroxylation is 1. The van der Waals surface area contributed by atoms with E-state index in [-0.39, 0.29) is 0 Å². The average molecular weight is 330 g/mol. The summed E-state index contributed by atoms with van der Waals surface area (Å²) in [5.41, 5.74) is 7.87. The van der Waals surface area contributed by atoms with E-state index in [9.17, 15) is 0 Å². The Morgan fingerprint density at radius 1 is 1.00 bits per heavy atom. The van der Waals surface area contributed by atoms with Crippen LogP contribution in [0.3, 0.4) is 0 Å². The molecule has 4 atom stereocenters. The minimum Gasteiger partial charge on any atom is -0.297 e. The lowest BCUT2D eigenvalue weighted by atomic mass is 9.70. The molecule has 1 aromatic rings. The average Bonchev–Trinajstić information content (AvgIpc) is 2.51. The number of rotatable bonds is 2. The van der Waals surface area contributed by atoms with Gasteiger partial charge >= 0.3 is 0 Å². The lowest BCUT2D eigenvalue weighted by molar-refractivity contribution is 0.129. The summed E-state index contributed by atoms with van der Waals surface area (Å²) in [5.74, 6) is 2.67. The van der Waals surface area contributed by atoms with Crippen LogP contribution >= 0.6 is 0 Å². The molecule has 0 fully saturated rings. The molecule has 136 valence electrons. The van der Waals surface area contributed by atoms with Crippen LogP contribution in [0.15, 0.2) is 6.07 Å². The summed E-state index contributed by atoms with van der Waals surface area (Å²) in [4.78, 5) is 2.61. The lowest BCUT2D eigenvalue weighted by Gasteiger charge is -2.43. The van der Waals surface area contributed by atoms with Crippen LogP contribution in [-0.4, -0.2) is 18.0 Å². The second kappa shape index (κ2) is 7.20. The van der Waals surface area contributed by atoms with Gasteiger partial charge in [0, 0.05) is 12.1 Å². The molecule has 0 saturated heterocycles. The Morgan fingerprint density at radius 3 is 2.08 bits per heavy atom. The van der Waals surface area contributed by atoms with E-state index < -0.39 is 0 Å². The molecule has 24 heavy (non-hydrogen) atoms. The maximum absolute atomic E-state index is 2.61. The molecule has 2 rings (SSSR count). The van der Waals surface area contributed by atoms with E-state index in [0.29, 0.717) is 29.8 Å². The standard InChI is InChI=1S/C23H39N/c1-13(2)20-11-15(5)17(7)22-19(9)24(10)18(8)16(6)12-21(14(3)4)23(20)22/h11,13-14,16,18-19,21H,12H2,1-10H3/t16-,18-,19+,21?/m1/s1. The first kappa shape index (κ1) is 19.5. The largest absolute Gasteiger partial charge is 0.297 e. The third-order valence-electron chi connectivity index (χ3n) is 6.89. The third-order valence-corrected chi connectivity index (χ3v) is 6.89. The second-order valence-electron chi connectivity index (χ2n) is 9.04. The number of fused-ring (bicyclic) bond motifs is 1. The van der Waals surface area contributed by atoms with Gasteiger partial charge in [0.25, 0.3) is 0 Å². The molecule has 0 radical (unpaired) electrons. The zero-order chi connectivity index (χ0) is 18.3. The molecule has 1 aliphatic rings. The number of nitrogens with zero attached hydrogens (tertiary/aromatic N) is 1. The summed E-state index contributed by atoms with van der Waals surface area (Å²) in [7, 11) is 2.32. The van der Waals surface area contributed by atoms with Gasteiger partial charge in [0.2, 0.25) is 0 Å². The number of hydrogen-bond donors (Lipinski definition) is 0. The van der Waals surface area contributed by atoms with Crippen LogP contribution < -0.4 is 0 Å². The highest BCUT2D eigenvalue weighted by Crippen LogP contribution is 2.46. The highest BCUT2D eigenvalue weighted by molar-refractivity contribution is 5.50. The fourth-order valence-electron chi connectivity index (χ4n) is 4.70. The lowest BCUT2D eigenvalue weighted by Crippen LogP contribution is -2.40. The summed E-state index contributed by atoms with van der Waals surface area (Å²) < 4.78 is 0. The van der Waals surface area contributed by atoms with Crippen LogP contribution in [0.25, 0.3) is 0 Å². The first-order valence-corrected chi connectivity index (χ1v) is 9.93. The maximum Gasteiger partial charge on any atom is 0.0325 e. The molecule has 1 heterocycles. The van der Waals surface area contributed by atoms with E-state index >= 15 is 0 Å². The van der Waals surface area contributed by atoms with Crippen LogP contribution in [-0.2, 0) is 0 Å². The van der Waals surface area contributed by atoms with Crippen LogP contribution in [0, 0.1) is 25.7 Å². The van der Waals surface area contributed by atoms with Crippen LogP contribution in [0.5, 0.6) is 0 Å². The smallest absolute Gasteiger partial charge is 0.0325 e. The molecule has 0 amide bonds. The van der Waals surface area contributed by atoms with Gasteiger partial charge in [-0.05, 0) is 92.7 Å². The van der Waals surface area contributed by atoms with Crippen molar-refractivity contribution in [1.82, 2.24) is 4.90 Å². The molecule has 1 aliphatic heterocycles. The van der Waals surface area contributed by atoms with Crippen LogP contribution in [0.2, 0.25) is 0 Å². The topological polar surface area (TPSA) is 3.24 Å². The Bertz CT molecular complexity index is 584. The van der Waals surface area contributed by atoms with Gasteiger partial charge in [-0.1, -0.05) is 40.7 Å². The van der Waals surface area contributed by atoms with Gasteiger partial charge < -0.3 is 0 Å². The molecule has 1 aromatic carbocycles. The van der Waals surface area contributed by atoms with Gasteiger partial charge in [-0.3, -0.25) is 4.90 Å². The summed E-state index contributed by atoms with van der Waals surface area (Å²) >= 11 is 0. The summed E-state index contributed by atoms with van der Waals surface area (Å²) in [6.07, 6.45) is 1.30. The quantitative estimate of drug-likeness (QED) is 0.591. The van der Waals surface area contributed by atoms with Crippen molar-refractivity contribution in [2.24, 2.45) is 11.8 Å². The Balaban J connectivity index is 2.83. The highest BCUT2D eigenvalue weighted by Gasteiger charge is 2.35. The molecule has 1 heteroatoms. The second-order valence-corrected chi connectivity index (χ2v) is 9.04. The van der Waals surface area contributed by atoms with Gasteiger partial charge in [0.15, 0.2) is 0 Å². The van der Waals surface area contributed by atoms with Gasteiger partial charge in [-0.2, -0.15) is 0 Å². The fraction of sp³-hybridized carbons (Fsp3) is 0.739. The van der Waals surface area contributed by atoms with Crippen molar-refractivity contribution >= 4 is 0 Å². The van der Waals surface area contributed by atoms with Crippen molar-refractivity contribution in [3.8, 4) is 0 Å². The molecule has 1 nitrogen and oxygen atoms in total. The van der Waals surface area contributed by atoms with E-state index in [4.69, 9.17) is 0 Å². The third kappa shape index (κ3) is 3.29. The van der Waals surface area contributed by atoms with Gasteiger partial charge in [-0.25, -0.2) is 0 Å². The van der Waals surface area contributed by atoms with Gasteiger partial charge in [-0.15, -0.1) is 0 Å². The monoisotopic (exact) mass is 329 g/mol. The van der Waals surface area contributed by atoms with E-state index in [2.05, 4.69) is 80.3 Å². The van der Waals surface area contributed by atoms with E-state index in [1.807, 2.05) is 0 Å². The molecular weight excluding hydrogens is 290 g/mol. The first-order chi connectivity index (χ1) is 11.1. The van der Waals surface area contributed by atoms with E-state index in [1.165, 1.54) is 17.5 Å². The Hall–Kier alpha value is -0.820. The van der Waals surface area contributed by atoms with Crippen molar-refractivity contribution in [3.63, 3.8) is 0 Å². The van der Waals surface area contributed by atoms with Crippen LogP contribution in [0.1, 0.15) is 101 Å². The summed E-state index contributed by atoms with van der Waals surface area (Å²) in [5, 5.41) is 0. The zero-order valence-corrected chi connectivity index (χ0v) is 17.7. The molecule has 0 bridgehead atoms. The summed E-state index contributed by atoms with van der Waals surface area (Å²) in [6, 6.07) is 3.59. The highest BCUT2D eigenvalue weighted by atomic mass is 15.2. The zero-order valence-electron chi connectivity index (χ0n) is 17.7. The van der Waals surface area contributed by atoms with Crippen molar-refractivity contribution in [1.29, 1.82) is 0 Å². The number of hydrogen-bond acceptors (Lipinski definition) is 1. The van der Waals surface area contributed by atoms with Crippen molar-refractivity contribution in [3.05, 3.63) is 33.9 Å². The van der Waals surface area contributed by atoms with Crippen molar-refractivity contribution in [2.45, 2.75) is 92.7 Å². The van der Waals surface area contributed by atoms with Crippen molar-refractivity contribution < 1.29 is 0 Å². The molecule has 0 saturated carbocycles.